The van der Waals surface area contributed by atoms with E-state index in [1.54, 1.807) is 0 Å². The quantitative estimate of drug-likeness (QED) is 0.702. The van der Waals surface area contributed by atoms with Crippen LogP contribution in [0, 0.1) is 0 Å². The minimum atomic E-state index is -4.04. The fourth-order valence-corrected chi connectivity index (χ4v) is 2.40. The van der Waals surface area contributed by atoms with Gasteiger partial charge in [-0.25, -0.2) is 0 Å². The van der Waals surface area contributed by atoms with E-state index in [4.69, 9.17) is 0 Å². The molecule has 2 heterocycles. The van der Waals surface area contributed by atoms with Gasteiger partial charge in [-0.1, -0.05) is 0 Å². The highest BCUT2D eigenvalue weighted by Gasteiger charge is 2.34. The Morgan fingerprint density at radius 3 is 2.00 bits per heavy atom. The Labute approximate surface area is 88.0 Å². The summed E-state index contributed by atoms with van der Waals surface area (Å²) in [7, 11) is 0. The Bertz CT molecular complexity index is 205. The molecule has 0 aromatic rings. The largest absolute Gasteiger partial charge is 0.401 e. The molecule has 0 aromatic carbocycles. The topological polar surface area (TPSA) is 6.48 Å². The van der Waals surface area contributed by atoms with Crippen LogP contribution in [0.1, 0.15) is 19.3 Å². The smallest absolute Gasteiger partial charge is 0.300 e. The highest BCUT2D eigenvalue weighted by molar-refractivity contribution is 4.84. The lowest BCUT2D eigenvalue weighted by atomic mass is 10.00. The van der Waals surface area contributed by atoms with Gasteiger partial charge in [0.25, 0.3) is 0 Å². The summed E-state index contributed by atoms with van der Waals surface area (Å²) >= 11 is 0. The Morgan fingerprint density at radius 2 is 1.60 bits per heavy atom. The highest BCUT2D eigenvalue weighted by Crippen LogP contribution is 2.24. The number of halogens is 3. The molecule has 0 radical (unpaired) electrons. The Balaban J connectivity index is 1.72. The molecule has 88 valence electrons. The lowest BCUT2D eigenvalue weighted by Crippen LogP contribution is -2.51. The van der Waals surface area contributed by atoms with E-state index in [-0.39, 0.29) is 0 Å². The first-order chi connectivity index (χ1) is 7.04. The molecular weight excluding hydrogens is 205 g/mol. The van der Waals surface area contributed by atoms with Crippen LogP contribution in [0.15, 0.2) is 0 Å². The molecule has 0 bridgehead atoms. The third-order valence-corrected chi connectivity index (χ3v) is 3.37. The SMILES string of the molecule is FC(F)(F)CN1CCC(N2CCC2)CC1. The maximum atomic E-state index is 12.1. The van der Waals surface area contributed by atoms with E-state index in [9.17, 15) is 13.2 Å². The van der Waals surface area contributed by atoms with Crippen molar-refractivity contribution in [1.29, 1.82) is 0 Å². The van der Waals surface area contributed by atoms with Gasteiger partial charge >= 0.3 is 6.18 Å². The predicted octanol–water partition coefficient (Wildman–Crippen LogP) is 1.72. The highest BCUT2D eigenvalue weighted by atomic mass is 19.4. The normalized spacial score (nSPS) is 26.6. The van der Waals surface area contributed by atoms with Crippen molar-refractivity contribution in [2.75, 3.05) is 32.7 Å². The third-order valence-electron chi connectivity index (χ3n) is 3.37. The van der Waals surface area contributed by atoms with Crippen LogP contribution >= 0.6 is 0 Å². The van der Waals surface area contributed by atoms with Gasteiger partial charge in [-0.15, -0.1) is 0 Å². The zero-order valence-corrected chi connectivity index (χ0v) is 8.76. The Hall–Kier alpha value is -0.290. The van der Waals surface area contributed by atoms with Gasteiger partial charge in [-0.2, -0.15) is 13.2 Å². The lowest BCUT2D eigenvalue weighted by molar-refractivity contribution is -0.149. The first-order valence-electron chi connectivity index (χ1n) is 5.58. The van der Waals surface area contributed by atoms with Gasteiger partial charge in [-0.3, -0.25) is 4.90 Å². The molecule has 2 rings (SSSR count). The summed E-state index contributed by atoms with van der Waals surface area (Å²) in [4.78, 5) is 3.92. The van der Waals surface area contributed by atoms with E-state index in [1.807, 2.05) is 0 Å². The molecule has 0 N–H and O–H groups in total. The van der Waals surface area contributed by atoms with Crippen molar-refractivity contribution in [3.8, 4) is 0 Å². The van der Waals surface area contributed by atoms with Crippen molar-refractivity contribution in [3.05, 3.63) is 0 Å². The summed E-state index contributed by atoms with van der Waals surface area (Å²) in [6, 6.07) is 0.545. The van der Waals surface area contributed by atoms with Gasteiger partial charge in [0, 0.05) is 6.04 Å². The van der Waals surface area contributed by atoms with Gasteiger partial charge < -0.3 is 4.90 Å². The van der Waals surface area contributed by atoms with Crippen molar-refractivity contribution in [1.82, 2.24) is 9.80 Å². The summed E-state index contributed by atoms with van der Waals surface area (Å²) in [6.45, 7) is 2.74. The average molecular weight is 222 g/mol. The number of rotatable bonds is 2. The molecule has 0 aromatic heterocycles. The molecule has 0 spiro atoms. The lowest BCUT2D eigenvalue weighted by Gasteiger charge is -2.43. The number of nitrogens with zero attached hydrogens (tertiary/aromatic N) is 2. The molecule has 2 aliphatic heterocycles. The fraction of sp³-hybridized carbons (Fsp3) is 1.00. The number of likely N-dealkylation sites (tertiary alicyclic amines) is 2. The molecule has 2 aliphatic rings. The molecule has 0 saturated carbocycles. The van der Waals surface area contributed by atoms with E-state index < -0.39 is 12.7 Å². The van der Waals surface area contributed by atoms with Crippen molar-refractivity contribution in [3.63, 3.8) is 0 Å². The van der Waals surface area contributed by atoms with Gasteiger partial charge in [0.1, 0.15) is 0 Å². The summed E-state index contributed by atoms with van der Waals surface area (Å²) in [5.74, 6) is 0. The van der Waals surface area contributed by atoms with Crippen LogP contribution in [0.4, 0.5) is 13.2 Å². The van der Waals surface area contributed by atoms with Gasteiger partial charge in [0.05, 0.1) is 6.54 Å². The number of hydrogen-bond acceptors (Lipinski definition) is 2. The van der Waals surface area contributed by atoms with Crippen LogP contribution in [0.2, 0.25) is 0 Å². The van der Waals surface area contributed by atoms with Crippen LogP contribution in [-0.2, 0) is 0 Å². The van der Waals surface area contributed by atoms with Gasteiger partial charge in [-0.05, 0) is 45.4 Å². The van der Waals surface area contributed by atoms with Crippen LogP contribution in [0.3, 0.4) is 0 Å². The second kappa shape index (κ2) is 4.29. The van der Waals surface area contributed by atoms with Crippen LogP contribution in [-0.4, -0.2) is 54.7 Å². The summed E-state index contributed by atoms with van der Waals surface area (Å²) in [5.41, 5.74) is 0. The molecule has 2 saturated heterocycles. The standard InChI is InChI=1S/C10H17F3N2/c11-10(12,13)8-14-6-2-9(3-7-14)15-4-1-5-15/h9H,1-8H2. The summed E-state index contributed by atoms with van der Waals surface area (Å²) < 4.78 is 36.4. The summed E-state index contributed by atoms with van der Waals surface area (Å²) in [5, 5.41) is 0. The molecule has 0 aliphatic carbocycles. The number of hydrogen-bond donors (Lipinski definition) is 0. The van der Waals surface area contributed by atoms with Crippen molar-refractivity contribution < 1.29 is 13.2 Å². The molecule has 2 fully saturated rings. The minimum Gasteiger partial charge on any atom is -0.300 e. The molecule has 0 unspecified atom stereocenters. The second-order valence-corrected chi connectivity index (χ2v) is 4.51. The van der Waals surface area contributed by atoms with Gasteiger partial charge in [0.15, 0.2) is 0 Å². The summed E-state index contributed by atoms with van der Waals surface area (Å²) in [6.07, 6.45) is -0.988. The van der Waals surface area contributed by atoms with Crippen molar-refractivity contribution >= 4 is 0 Å². The maximum absolute atomic E-state index is 12.1. The molecule has 2 nitrogen and oxygen atoms in total. The predicted molar refractivity (Wildman–Crippen MR) is 51.7 cm³/mol. The second-order valence-electron chi connectivity index (χ2n) is 4.51. The third kappa shape index (κ3) is 3.08. The van der Waals surface area contributed by atoms with E-state index in [0.29, 0.717) is 19.1 Å². The van der Waals surface area contributed by atoms with E-state index in [0.717, 1.165) is 25.9 Å². The molecular formula is C10H17F3N2. The van der Waals surface area contributed by atoms with E-state index >= 15 is 0 Å². The zero-order valence-electron chi connectivity index (χ0n) is 8.76. The van der Waals surface area contributed by atoms with E-state index in [1.165, 1.54) is 11.3 Å². The molecule has 0 atom stereocenters. The Kier molecular flexibility index (Phi) is 3.21. The number of alkyl halides is 3. The first-order valence-corrected chi connectivity index (χ1v) is 5.58. The number of piperidine rings is 1. The van der Waals surface area contributed by atoms with Crippen molar-refractivity contribution in [2.45, 2.75) is 31.5 Å². The molecule has 0 amide bonds. The monoisotopic (exact) mass is 222 g/mol. The molecule has 5 heteroatoms. The fourth-order valence-electron chi connectivity index (χ4n) is 2.40. The van der Waals surface area contributed by atoms with Crippen LogP contribution in [0.25, 0.3) is 0 Å². The minimum absolute atomic E-state index is 0.545. The maximum Gasteiger partial charge on any atom is 0.401 e. The van der Waals surface area contributed by atoms with E-state index in [2.05, 4.69) is 4.90 Å². The van der Waals surface area contributed by atoms with Crippen molar-refractivity contribution in [2.24, 2.45) is 0 Å². The first kappa shape index (κ1) is 11.2. The van der Waals surface area contributed by atoms with Gasteiger partial charge in [0.2, 0.25) is 0 Å². The van der Waals surface area contributed by atoms with Crippen LogP contribution < -0.4 is 0 Å². The zero-order chi connectivity index (χ0) is 10.9. The Morgan fingerprint density at radius 1 is 1.00 bits per heavy atom. The van der Waals surface area contributed by atoms with Crippen LogP contribution in [0.5, 0.6) is 0 Å². The average Bonchev–Trinajstić information content (AvgIpc) is 2.02. The molecule has 15 heavy (non-hydrogen) atoms.